The Morgan fingerprint density at radius 2 is 1.63 bits per heavy atom. The minimum Gasteiger partial charge on any atom is -0.508 e. The second-order valence-corrected chi connectivity index (χ2v) is 8.67. The number of aromatic hydroxyl groups is 2. The first-order valence-corrected chi connectivity index (χ1v) is 10.2. The first-order chi connectivity index (χ1) is 12.6. The molecule has 1 unspecified atom stereocenters. The molecule has 2 aromatic rings. The van der Waals surface area contributed by atoms with E-state index in [1.807, 2.05) is 0 Å². The topological polar surface area (TPSA) is 88.0 Å². The molecule has 0 aliphatic rings. The van der Waals surface area contributed by atoms with E-state index in [1.165, 1.54) is 30.3 Å². The molecule has 8 heteroatoms. The number of hydrogen-bond acceptors (Lipinski definition) is 6. The maximum absolute atomic E-state index is 13.7. The van der Waals surface area contributed by atoms with Gasteiger partial charge in [-0.2, -0.15) is 0 Å². The second-order valence-electron chi connectivity index (χ2n) is 6.65. The van der Waals surface area contributed by atoms with Crippen LogP contribution >= 0.6 is 7.60 Å². The van der Waals surface area contributed by atoms with Crippen LogP contribution in [0.2, 0.25) is 0 Å². The van der Waals surface area contributed by atoms with Gasteiger partial charge in [0.1, 0.15) is 17.3 Å². The lowest BCUT2D eigenvalue weighted by molar-refractivity contribution is 0.137. The van der Waals surface area contributed by atoms with Crippen LogP contribution in [-0.4, -0.2) is 22.4 Å². The smallest absolute Gasteiger partial charge is 0.357 e. The molecular weight excluding hydrogens is 372 g/mol. The molecule has 0 radical (unpaired) electrons. The van der Waals surface area contributed by atoms with Gasteiger partial charge in [-0.15, -0.1) is 0 Å². The number of phenolic OH excluding ortho intramolecular Hbond substituents is 2. The van der Waals surface area contributed by atoms with Gasteiger partial charge in [-0.1, -0.05) is 6.07 Å². The molecule has 0 saturated heterocycles. The van der Waals surface area contributed by atoms with Crippen molar-refractivity contribution in [1.82, 2.24) is 0 Å². The summed E-state index contributed by atoms with van der Waals surface area (Å²) in [5.74, 6) is -2.03. The normalized spacial score (nSPS) is 13.1. The quantitative estimate of drug-likeness (QED) is 0.518. The predicted octanol–water partition coefficient (Wildman–Crippen LogP) is 5.39. The van der Waals surface area contributed by atoms with Gasteiger partial charge in [0, 0.05) is 17.3 Å². The Morgan fingerprint density at radius 3 is 2.15 bits per heavy atom. The minimum atomic E-state index is -3.86. The maximum Gasteiger partial charge on any atom is 0.357 e. The van der Waals surface area contributed by atoms with E-state index >= 15 is 0 Å². The summed E-state index contributed by atoms with van der Waals surface area (Å²) in [5, 5.41) is 22.9. The average molecular weight is 397 g/mol. The van der Waals surface area contributed by atoms with E-state index in [-0.39, 0.29) is 17.1 Å². The highest BCUT2D eigenvalue weighted by molar-refractivity contribution is 7.54. The van der Waals surface area contributed by atoms with Crippen molar-refractivity contribution in [3.63, 3.8) is 0 Å². The molecule has 2 rings (SSSR count). The van der Waals surface area contributed by atoms with Crippen molar-refractivity contribution in [2.24, 2.45) is 0 Å². The molecule has 1 atom stereocenters. The Hall–Kier alpha value is -2.08. The van der Waals surface area contributed by atoms with Crippen molar-refractivity contribution in [3.05, 3.63) is 53.8 Å². The molecule has 0 aromatic heterocycles. The van der Waals surface area contributed by atoms with E-state index in [2.05, 4.69) is 5.32 Å². The molecule has 0 aliphatic carbocycles. The van der Waals surface area contributed by atoms with Gasteiger partial charge in [0.25, 0.3) is 0 Å². The summed E-state index contributed by atoms with van der Waals surface area (Å²) in [7, 11) is -3.86. The van der Waals surface area contributed by atoms with Gasteiger partial charge >= 0.3 is 7.60 Å². The Labute approximate surface area is 158 Å². The van der Waals surface area contributed by atoms with Crippen LogP contribution in [0.5, 0.6) is 11.5 Å². The molecule has 6 nitrogen and oxygen atoms in total. The summed E-state index contributed by atoms with van der Waals surface area (Å²) in [6.07, 6.45) is -0.851. The second kappa shape index (κ2) is 8.74. The van der Waals surface area contributed by atoms with E-state index in [1.54, 1.807) is 33.8 Å². The Morgan fingerprint density at radius 1 is 1.00 bits per heavy atom. The molecule has 0 saturated carbocycles. The van der Waals surface area contributed by atoms with Crippen molar-refractivity contribution in [3.8, 4) is 11.5 Å². The summed E-state index contributed by atoms with van der Waals surface area (Å²) < 4.78 is 38.6. The lowest BCUT2D eigenvalue weighted by Crippen LogP contribution is -2.19. The fourth-order valence-corrected chi connectivity index (χ4v) is 4.90. The van der Waals surface area contributed by atoms with Gasteiger partial charge in [0.15, 0.2) is 5.78 Å². The lowest BCUT2D eigenvalue weighted by atomic mass is 10.2. The largest absolute Gasteiger partial charge is 0.508 e. The number of rotatable bonds is 8. The molecule has 3 N–H and O–H groups in total. The Kier molecular flexibility index (Phi) is 6.87. The molecular formula is C19H25FNO5P. The van der Waals surface area contributed by atoms with Crippen molar-refractivity contribution in [2.45, 2.75) is 45.7 Å². The van der Waals surface area contributed by atoms with Crippen LogP contribution in [0, 0.1) is 5.82 Å². The predicted molar refractivity (Wildman–Crippen MR) is 103 cm³/mol. The van der Waals surface area contributed by atoms with E-state index in [0.717, 1.165) is 6.07 Å². The molecule has 0 amide bonds. The fraction of sp³-hybridized carbons (Fsp3) is 0.368. The molecule has 0 heterocycles. The van der Waals surface area contributed by atoms with Crippen LogP contribution in [0.25, 0.3) is 0 Å². The third-order valence-corrected chi connectivity index (χ3v) is 5.94. The molecule has 0 spiro atoms. The minimum absolute atomic E-state index is 0.148. The molecule has 27 heavy (non-hydrogen) atoms. The number of hydrogen-bond donors (Lipinski definition) is 3. The number of phenols is 2. The number of halogens is 1. The summed E-state index contributed by atoms with van der Waals surface area (Å²) in [6, 6.07) is 9.52. The fourth-order valence-electron chi connectivity index (χ4n) is 2.56. The average Bonchev–Trinajstić information content (AvgIpc) is 2.51. The third-order valence-electron chi connectivity index (χ3n) is 3.47. The zero-order chi connectivity index (χ0) is 20.2. The molecule has 2 aromatic carbocycles. The highest BCUT2D eigenvalue weighted by Gasteiger charge is 2.41. The van der Waals surface area contributed by atoms with Gasteiger partial charge in [0.05, 0.1) is 12.2 Å². The summed E-state index contributed by atoms with van der Waals surface area (Å²) >= 11 is 0. The van der Waals surface area contributed by atoms with Crippen molar-refractivity contribution in [1.29, 1.82) is 0 Å². The lowest BCUT2D eigenvalue weighted by Gasteiger charge is -2.31. The number of benzene rings is 2. The van der Waals surface area contributed by atoms with Gasteiger partial charge in [-0.3, -0.25) is 4.57 Å². The zero-order valence-corrected chi connectivity index (χ0v) is 16.6. The molecule has 148 valence electrons. The van der Waals surface area contributed by atoms with Gasteiger partial charge in [-0.25, -0.2) is 4.39 Å². The highest BCUT2D eigenvalue weighted by atomic mass is 31.2. The van der Waals surface area contributed by atoms with Crippen LogP contribution in [-0.2, 0) is 13.6 Å². The summed E-state index contributed by atoms with van der Waals surface area (Å²) in [4.78, 5) is 0. The highest BCUT2D eigenvalue weighted by Crippen LogP contribution is 2.63. The van der Waals surface area contributed by atoms with Gasteiger partial charge < -0.3 is 24.6 Å². The van der Waals surface area contributed by atoms with E-state index in [4.69, 9.17) is 9.05 Å². The standard InChI is InChI=1S/C19H25FNO5P/c1-12(2)25-27(24,26-13(3)4)19(17-9-8-16(22)11-18(17)23)21-15-7-5-6-14(20)10-15/h5-13,19,21-23H,1-4H3. The zero-order valence-electron chi connectivity index (χ0n) is 15.7. The van der Waals surface area contributed by atoms with Crippen molar-refractivity contribution in [2.75, 3.05) is 5.32 Å². The summed E-state index contributed by atoms with van der Waals surface area (Å²) in [6.45, 7) is 6.86. The number of nitrogens with one attached hydrogen (secondary N) is 1. The molecule has 0 fully saturated rings. The SMILES string of the molecule is CC(C)OP(=O)(OC(C)C)C(Nc1cccc(F)c1)c1ccc(O)cc1O. The van der Waals surface area contributed by atoms with Crippen LogP contribution < -0.4 is 5.32 Å². The van der Waals surface area contributed by atoms with Gasteiger partial charge in [0.2, 0.25) is 0 Å². The van der Waals surface area contributed by atoms with Crippen LogP contribution in [0.1, 0.15) is 39.0 Å². The van der Waals surface area contributed by atoms with Crippen LogP contribution in [0.15, 0.2) is 42.5 Å². The van der Waals surface area contributed by atoms with Crippen molar-refractivity contribution < 1.29 is 28.2 Å². The summed E-state index contributed by atoms with van der Waals surface area (Å²) in [5.41, 5.74) is 0.536. The van der Waals surface area contributed by atoms with E-state index < -0.39 is 31.4 Å². The van der Waals surface area contributed by atoms with E-state index in [9.17, 15) is 19.2 Å². The first-order valence-electron chi connectivity index (χ1n) is 8.61. The van der Waals surface area contributed by atoms with E-state index in [0.29, 0.717) is 5.69 Å². The monoisotopic (exact) mass is 397 g/mol. The molecule has 0 bridgehead atoms. The first kappa shape index (κ1) is 21.2. The van der Waals surface area contributed by atoms with Crippen LogP contribution in [0.4, 0.5) is 10.1 Å². The van der Waals surface area contributed by atoms with Crippen LogP contribution in [0.3, 0.4) is 0 Å². The number of anilines is 1. The van der Waals surface area contributed by atoms with Crippen molar-refractivity contribution >= 4 is 13.3 Å². The third kappa shape index (κ3) is 5.70. The Bertz CT molecular complexity index is 813. The Balaban J connectivity index is 2.57. The maximum atomic E-state index is 13.7. The molecule has 0 aliphatic heterocycles. The van der Waals surface area contributed by atoms with Gasteiger partial charge in [-0.05, 0) is 58.0 Å².